The zero-order valence-electron chi connectivity index (χ0n) is 10.6. The predicted molar refractivity (Wildman–Crippen MR) is 71.7 cm³/mol. The van der Waals surface area contributed by atoms with Gasteiger partial charge in [0.1, 0.15) is 5.82 Å². The molecule has 1 aromatic rings. The maximum atomic E-state index is 5.67. The Morgan fingerprint density at radius 3 is 2.78 bits per heavy atom. The normalized spacial score (nSPS) is 25.6. The van der Waals surface area contributed by atoms with Gasteiger partial charge in [-0.15, -0.1) is 0 Å². The average molecular weight is 248 g/mol. The Morgan fingerprint density at radius 2 is 2.06 bits per heavy atom. The Bertz CT molecular complexity index is 388. The van der Waals surface area contributed by atoms with Crippen molar-refractivity contribution in [2.75, 3.05) is 50.0 Å². The summed E-state index contributed by atoms with van der Waals surface area (Å²) < 4.78 is 5.40. The monoisotopic (exact) mass is 248 g/mol. The predicted octanol–water partition coefficient (Wildman–Crippen LogP) is 0.575. The molecule has 2 aliphatic heterocycles. The molecule has 1 unspecified atom stereocenters. The van der Waals surface area contributed by atoms with Gasteiger partial charge in [-0.25, -0.2) is 4.98 Å². The summed E-state index contributed by atoms with van der Waals surface area (Å²) in [5, 5.41) is 0. The van der Waals surface area contributed by atoms with E-state index >= 15 is 0 Å². The molecule has 3 rings (SSSR count). The molecule has 2 aliphatic rings. The minimum absolute atomic E-state index is 0.647. The van der Waals surface area contributed by atoms with Crippen LogP contribution in [0.5, 0.6) is 0 Å². The third kappa shape index (κ3) is 2.42. The number of hydrogen-bond acceptors (Lipinski definition) is 5. The van der Waals surface area contributed by atoms with E-state index in [2.05, 4.69) is 14.8 Å². The Kier molecular flexibility index (Phi) is 3.34. The number of morpholine rings is 1. The first-order valence-corrected chi connectivity index (χ1v) is 6.61. The second-order valence-corrected chi connectivity index (χ2v) is 4.99. The molecule has 5 nitrogen and oxygen atoms in total. The molecule has 0 bridgehead atoms. The van der Waals surface area contributed by atoms with E-state index in [9.17, 15) is 0 Å². The topological polar surface area (TPSA) is 54.6 Å². The lowest BCUT2D eigenvalue weighted by Gasteiger charge is -2.32. The van der Waals surface area contributed by atoms with Crippen LogP contribution in [0.2, 0.25) is 0 Å². The van der Waals surface area contributed by atoms with Gasteiger partial charge in [-0.1, -0.05) is 0 Å². The molecule has 2 fully saturated rings. The van der Waals surface area contributed by atoms with Gasteiger partial charge in [0.05, 0.1) is 25.1 Å². The minimum Gasteiger partial charge on any atom is -0.397 e. The largest absolute Gasteiger partial charge is 0.397 e. The fourth-order valence-corrected chi connectivity index (χ4v) is 2.78. The Balaban J connectivity index is 1.62. The van der Waals surface area contributed by atoms with Gasteiger partial charge in [-0.3, -0.25) is 4.90 Å². The fourth-order valence-electron chi connectivity index (χ4n) is 2.78. The van der Waals surface area contributed by atoms with Crippen molar-refractivity contribution in [1.82, 2.24) is 9.88 Å². The number of rotatable bonds is 2. The number of pyridine rings is 1. The highest BCUT2D eigenvalue weighted by Gasteiger charge is 2.29. The standard InChI is InChI=1S/C13H20N4O/c14-11-1-2-13(15-9-11)17-4-3-12(10-17)16-5-7-18-8-6-16/h1-2,9,12H,3-8,10,14H2. The molecule has 5 heteroatoms. The second-order valence-electron chi connectivity index (χ2n) is 4.99. The first-order valence-electron chi connectivity index (χ1n) is 6.61. The Morgan fingerprint density at radius 1 is 1.22 bits per heavy atom. The van der Waals surface area contributed by atoms with Gasteiger partial charge >= 0.3 is 0 Å². The third-order valence-corrected chi connectivity index (χ3v) is 3.82. The second kappa shape index (κ2) is 5.12. The molecule has 0 aromatic carbocycles. The van der Waals surface area contributed by atoms with Crippen LogP contribution in [0.25, 0.3) is 0 Å². The summed E-state index contributed by atoms with van der Waals surface area (Å²) in [6.45, 7) is 6.02. The summed E-state index contributed by atoms with van der Waals surface area (Å²) in [6.07, 6.45) is 2.95. The molecule has 2 saturated heterocycles. The molecule has 3 heterocycles. The minimum atomic E-state index is 0.647. The van der Waals surface area contributed by atoms with E-state index in [-0.39, 0.29) is 0 Å². The van der Waals surface area contributed by atoms with Gasteiger partial charge in [-0.2, -0.15) is 0 Å². The van der Waals surface area contributed by atoms with Crippen LogP contribution < -0.4 is 10.6 Å². The summed E-state index contributed by atoms with van der Waals surface area (Å²) in [4.78, 5) is 9.29. The van der Waals surface area contributed by atoms with Gasteiger partial charge in [-0.05, 0) is 18.6 Å². The molecule has 1 atom stereocenters. The summed E-state index contributed by atoms with van der Waals surface area (Å²) >= 11 is 0. The highest BCUT2D eigenvalue weighted by atomic mass is 16.5. The van der Waals surface area contributed by atoms with E-state index in [1.165, 1.54) is 6.42 Å². The van der Waals surface area contributed by atoms with Crippen molar-refractivity contribution < 1.29 is 4.74 Å². The van der Waals surface area contributed by atoms with E-state index in [4.69, 9.17) is 10.5 Å². The quantitative estimate of drug-likeness (QED) is 0.829. The number of nitrogens with two attached hydrogens (primary N) is 1. The smallest absolute Gasteiger partial charge is 0.128 e. The van der Waals surface area contributed by atoms with Crippen LogP contribution in [0.15, 0.2) is 18.3 Å². The van der Waals surface area contributed by atoms with Gasteiger partial charge in [0.2, 0.25) is 0 Å². The first-order chi connectivity index (χ1) is 8.83. The summed E-state index contributed by atoms with van der Waals surface area (Å²) in [5.74, 6) is 1.04. The lowest BCUT2D eigenvalue weighted by Crippen LogP contribution is -2.44. The third-order valence-electron chi connectivity index (χ3n) is 3.82. The zero-order chi connectivity index (χ0) is 12.4. The molecule has 2 N–H and O–H groups in total. The van der Waals surface area contributed by atoms with Crippen LogP contribution >= 0.6 is 0 Å². The van der Waals surface area contributed by atoms with E-state index in [1.807, 2.05) is 12.1 Å². The number of aromatic nitrogens is 1. The molecular weight excluding hydrogens is 228 g/mol. The Hall–Kier alpha value is -1.33. The van der Waals surface area contributed by atoms with Crippen LogP contribution in [-0.2, 0) is 4.74 Å². The SMILES string of the molecule is Nc1ccc(N2CCC(N3CCOCC3)C2)nc1. The molecule has 0 radical (unpaired) electrons. The number of nitrogens with zero attached hydrogens (tertiary/aromatic N) is 3. The molecule has 0 saturated carbocycles. The van der Waals surface area contributed by atoms with Crippen molar-refractivity contribution in [2.24, 2.45) is 0 Å². The van der Waals surface area contributed by atoms with Crippen molar-refractivity contribution >= 4 is 11.5 Å². The zero-order valence-corrected chi connectivity index (χ0v) is 10.6. The Labute approximate surface area is 108 Å². The van der Waals surface area contributed by atoms with E-state index in [1.54, 1.807) is 6.20 Å². The summed E-state index contributed by atoms with van der Waals surface area (Å²) in [6, 6.07) is 4.58. The number of anilines is 2. The van der Waals surface area contributed by atoms with Crippen molar-refractivity contribution in [3.8, 4) is 0 Å². The molecular formula is C13H20N4O. The van der Waals surface area contributed by atoms with Crippen molar-refractivity contribution in [3.05, 3.63) is 18.3 Å². The highest BCUT2D eigenvalue weighted by molar-refractivity contribution is 5.46. The van der Waals surface area contributed by atoms with E-state index < -0.39 is 0 Å². The van der Waals surface area contributed by atoms with Crippen molar-refractivity contribution in [2.45, 2.75) is 12.5 Å². The fraction of sp³-hybridized carbons (Fsp3) is 0.615. The first kappa shape index (κ1) is 11.7. The maximum absolute atomic E-state index is 5.67. The van der Waals surface area contributed by atoms with Crippen LogP contribution in [0.1, 0.15) is 6.42 Å². The lowest BCUT2D eigenvalue weighted by atomic mass is 10.2. The molecule has 98 valence electrons. The van der Waals surface area contributed by atoms with Crippen molar-refractivity contribution in [3.63, 3.8) is 0 Å². The number of hydrogen-bond donors (Lipinski definition) is 1. The molecule has 18 heavy (non-hydrogen) atoms. The van der Waals surface area contributed by atoms with Crippen LogP contribution in [-0.4, -0.2) is 55.3 Å². The summed E-state index contributed by atoms with van der Waals surface area (Å²) in [5.41, 5.74) is 6.39. The van der Waals surface area contributed by atoms with Gasteiger partial charge in [0.15, 0.2) is 0 Å². The number of nitrogen functional groups attached to an aromatic ring is 1. The molecule has 0 aliphatic carbocycles. The lowest BCUT2D eigenvalue weighted by molar-refractivity contribution is 0.0209. The van der Waals surface area contributed by atoms with Gasteiger partial charge < -0.3 is 15.4 Å². The number of ether oxygens (including phenoxy) is 1. The highest BCUT2D eigenvalue weighted by Crippen LogP contribution is 2.22. The average Bonchev–Trinajstić information content (AvgIpc) is 2.90. The van der Waals surface area contributed by atoms with Crippen LogP contribution in [0.3, 0.4) is 0 Å². The van der Waals surface area contributed by atoms with Crippen LogP contribution in [0.4, 0.5) is 11.5 Å². The van der Waals surface area contributed by atoms with E-state index in [0.29, 0.717) is 6.04 Å². The molecule has 0 amide bonds. The molecule has 0 spiro atoms. The van der Waals surface area contributed by atoms with Crippen molar-refractivity contribution in [1.29, 1.82) is 0 Å². The van der Waals surface area contributed by atoms with Gasteiger partial charge in [0, 0.05) is 32.2 Å². The molecule has 1 aromatic heterocycles. The van der Waals surface area contributed by atoms with E-state index in [0.717, 1.165) is 50.9 Å². The van der Waals surface area contributed by atoms with Gasteiger partial charge in [0.25, 0.3) is 0 Å². The maximum Gasteiger partial charge on any atom is 0.128 e. The summed E-state index contributed by atoms with van der Waals surface area (Å²) in [7, 11) is 0. The van der Waals surface area contributed by atoms with Crippen LogP contribution in [0, 0.1) is 0 Å².